The first-order valence-corrected chi connectivity index (χ1v) is 7.00. The molecule has 1 aliphatic carbocycles. The Balaban J connectivity index is 2.03. The van der Waals surface area contributed by atoms with Crippen molar-refractivity contribution in [2.45, 2.75) is 30.3 Å². The highest BCUT2D eigenvalue weighted by molar-refractivity contribution is 7.89. The first-order valence-electron chi connectivity index (χ1n) is 5.52. The topological polar surface area (TPSA) is 84.2 Å². The molecule has 0 aromatic carbocycles. The van der Waals surface area contributed by atoms with Gasteiger partial charge in [0.25, 0.3) is 0 Å². The van der Waals surface area contributed by atoms with Crippen molar-refractivity contribution in [3.05, 3.63) is 12.4 Å². The second kappa shape index (κ2) is 4.08. The van der Waals surface area contributed by atoms with Gasteiger partial charge in [0.2, 0.25) is 10.0 Å². The maximum Gasteiger partial charge on any atom is 0.243 e. The van der Waals surface area contributed by atoms with Gasteiger partial charge in [-0.05, 0) is 25.7 Å². The highest BCUT2D eigenvalue weighted by Crippen LogP contribution is 2.39. The fourth-order valence-electron chi connectivity index (χ4n) is 1.71. The van der Waals surface area contributed by atoms with Crippen molar-refractivity contribution in [1.29, 1.82) is 0 Å². The average Bonchev–Trinajstić information content (AvgIpc) is 3.00. The molecule has 1 fully saturated rings. The van der Waals surface area contributed by atoms with E-state index in [0.29, 0.717) is 0 Å². The first-order chi connectivity index (χ1) is 7.81. The summed E-state index contributed by atoms with van der Waals surface area (Å²) in [7, 11) is -1.92. The number of nitrogens with zero attached hydrogens (tertiary/aromatic N) is 2. The average molecular weight is 259 g/mol. The van der Waals surface area contributed by atoms with Crippen LogP contribution in [-0.2, 0) is 17.1 Å². The molecule has 0 saturated heterocycles. The van der Waals surface area contributed by atoms with E-state index in [4.69, 9.17) is 0 Å². The Morgan fingerprint density at radius 2 is 2.29 bits per heavy atom. The standard InChI is InChI=1S/C10H17N3O3S/c1-10(14,8-3-4-8)7-12-17(15,16)9-5-11-13(2)6-9/h5-6,8,12,14H,3-4,7H2,1-2H3/t10-/m0/s1. The lowest BCUT2D eigenvalue weighted by molar-refractivity contribution is 0.0422. The Kier molecular flexibility index (Phi) is 3.01. The summed E-state index contributed by atoms with van der Waals surface area (Å²) in [5.74, 6) is 0.207. The quantitative estimate of drug-likeness (QED) is 0.771. The summed E-state index contributed by atoms with van der Waals surface area (Å²) in [5, 5.41) is 13.8. The maximum absolute atomic E-state index is 11.9. The van der Waals surface area contributed by atoms with Crippen LogP contribution < -0.4 is 4.72 Å². The van der Waals surface area contributed by atoms with Crippen molar-refractivity contribution in [3.8, 4) is 0 Å². The van der Waals surface area contributed by atoms with Crippen molar-refractivity contribution >= 4 is 10.0 Å². The van der Waals surface area contributed by atoms with Crippen molar-refractivity contribution < 1.29 is 13.5 Å². The molecule has 0 radical (unpaired) electrons. The number of aryl methyl sites for hydroxylation is 1. The van der Waals surface area contributed by atoms with Crippen LogP contribution in [0.4, 0.5) is 0 Å². The van der Waals surface area contributed by atoms with E-state index in [2.05, 4.69) is 9.82 Å². The third kappa shape index (κ3) is 2.85. The van der Waals surface area contributed by atoms with Gasteiger partial charge in [-0.2, -0.15) is 5.10 Å². The minimum atomic E-state index is -3.57. The predicted molar refractivity (Wildman–Crippen MR) is 61.7 cm³/mol. The number of sulfonamides is 1. The third-order valence-electron chi connectivity index (χ3n) is 3.07. The van der Waals surface area contributed by atoms with Crippen LogP contribution in [0.5, 0.6) is 0 Å². The van der Waals surface area contributed by atoms with E-state index in [0.717, 1.165) is 12.8 Å². The molecule has 1 heterocycles. The number of hydrogen-bond donors (Lipinski definition) is 2. The van der Waals surface area contributed by atoms with Crippen LogP contribution in [0.15, 0.2) is 17.3 Å². The highest BCUT2D eigenvalue weighted by atomic mass is 32.2. The maximum atomic E-state index is 11.9. The Morgan fingerprint density at radius 1 is 1.65 bits per heavy atom. The van der Waals surface area contributed by atoms with Crippen LogP contribution in [0, 0.1) is 5.92 Å². The second-order valence-electron chi connectivity index (χ2n) is 4.81. The largest absolute Gasteiger partial charge is 0.389 e. The van der Waals surface area contributed by atoms with E-state index in [1.54, 1.807) is 14.0 Å². The van der Waals surface area contributed by atoms with Crippen molar-refractivity contribution in [2.75, 3.05) is 6.54 Å². The van der Waals surface area contributed by atoms with Gasteiger partial charge in [0.1, 0.15) is 4.90 Å². The zero-order valence-electron chi connectivity index (χ0n) is 9.92. The van der Waals surface area contributed by atoms with Crippen LogP contribution in [0.25, 0.3) is 0 Å². The molecular weight excluding hydrogens is 242 g/mol. The number of aliphatic hydroxyl groups is 1. The normalized spacial score (nSPS) is 20.2. The molecule has 7 heteroatoms. The molecular formula is C10H17N3O3S. The Hall–Kier alpha value is -0.920. The molecule has 0 unspecified atom stereocenters. The highest BCUT2D eigenvalue weighted by Gasteiger charge is 2.40. The number of aromatic nitrogens is 2. The monoisotopic (exact) mass is 259 g/mol. The van der Waals surface area contributed by atoms with Gasteiger partial charge in [-0.15, -0.1) is 0 Å². The number of hydrogen-bond acceptors (Lipinski definition) is 4. The minimum Gasteiger partial charge on any atom is -0.389 e. The van der Waals surface area contributed by atoms with Gasteiger partial charge < -0.3 is 5.11 Å². The van der Waals surface area contributed by atoms with Gasteiger partial charge in [-0.1, -0.05) is 0 Å². The summed E-state index contributed by atoms with van der Waals surface area (Å²) in [6.07, 6.45) is 4.63. The van der Waals surface area contributed by atoms with Gasteiger partial charge >= 0.3 is 0 Å². The smallest absolute Gasteiger partial charge is 0.243 e. The second-order valence-corrected chi connectivity index (χ2v) is 6.57. The number of rotatable bonds is 5. The summed E-state index contributed by atoms with van der Waals surface area (Å²) < 4.78 is 27.6. The summed E-state index contributed by atoms with van der Waals surface area (Å²) in [6.45, 7) is 1.70. The molecule has 17 heavy (non-hydrogen) atoms. The summed E-state index contributed by atoms with van der Waals surface area (Å²) >= 11 is 0. The molecule has 2 rings (SSSR count). The fourth-order valence-corrected chi connectivity index (χ4v) is 2.84. The SMILES string of the molecule is Cn1cc(S(=O)(=O)NC[C@](C)(O)C2CC2)cn1. The Morgan fingerprint density at radius 3 is 2.76 bits per heavy atom. The molecule has 0 bridgehead atoms. The van der Waals surface area contributed by atoms with Gasteiger partial charge in [0, 0.05) is 19.8 Å². The van der Waals surface area contributed by atoms with E-state index < -0.39 is 15.6 Å². The molecule has 6 nitrogen and oxygen atoms in total. The van der Waals surface area contributed by atoms with Crippen LogP contribution >= 0.6 is 0 Å². The lowest BCUT2D eigenvalue weighted by atomic mass is 10.0. The van der Waals surface area contributed by atoms with Crippen LogP contribution in [-0.4, -0.2) is 35.5 Å². The van der Waals surface area contributed by atoms with Crippen LogP contribution in [0.2, 0.25) is 0 Å². The van der Waals surface area contributed by atoms with Crippen molar-refractivity contribution in [1.82, 2.24) is 14.5 Å². The van der Waals surface area contributed by atoms with Gasteiger partial charge in [-0.3, -0.25) is 4.68 Å². The molecule has 1 atom stereocenters. The van der Waals surface area contributed by atoms with Gasteiger partial charge in [0.15, 0.2) is 0 Å². The van der Waals surface area contributed by atoms with E-state index in [1.165, 1.54) is 17.1 Å². The first kappa shape index (κ1) is 12.5. The third-order valence-corrected chi connectivity index (χ3v) is 4.42. The van der Waals surface area contributed by atoms with E-state index in [1.807, 2.05) is 0 Å². The summed E-state index contributed by atoms with van der Waals surface area (Å²) in [5.41, 5.74) is -0.963. The van der Waals surface area contributed by atoms with Gasteiger partial charge in [-0.25, -0.2) is 13.1 Å². The van der Waals surface area contributed by atoms with Crippen LogP contribution in [0.1, 0.15) is 19.8 Å². The minimum absolute atomic E-state index is 0.0366. The molecule has 1 aliphatic rings. The summed E-state index contributed by atoms with van der Waals surface area (Å²) in [6, 6.07) is 0. The van der Waals surface area contributed by atoms with E-state index in [9.17, 15) is 13.5 Å². The number of nitrogens with one attached hydrogen (secondary N) is 1. The van der Waals surface area contributed by atoms with Crippen molar-refractivity contribution in [3.63, 3.8) is 0 Å². The molecule has 96 valence electrons. The van der Waals surface area contributed by atoms with E-state index >= 15 is 0 Å². The molecule has 1 aromatic rings. The van der Waals surface area contributed by atoms with Crippen molar-refractivity contribution in [2.24, 2.45) is 13.0 Å². The molecule has 1 aromatic heterocycles. The molecule has 0 amide bonds. The fraction of sp³-hybridized carbons (Fsp3) is 0.700. The van der Waals surface area contributed by atoms with E-state index in [-0.39, 0.29) is 17.4 Å². The predicted octanol–water partition coefficient (Wildman–Crippen LogP) is -0.141. The summed E-state index contributed by atoms with van der Waals surface area (Å²) in [4.78, 5) is 0.117. The van der Waals surface area contributed by atoms with Gasteiger partial charge in [0.05, 0.1) is 11.8 Å². The molecule has 1 saturated carbocycles. The molecule has 0 aliphatic heterocycles. The zero-order valence-corrected chi connectivity index (χ0v) is 10.7. The molecule has 0 spiro atoms. The zero-order chi connectivity index (χ0) is 12.7. The molecule has 2 N–H and O–H groups in total. The van der Waals surface area contributed by atoms with Crippen LogP contribution in [0.3, 0.4) is 0 Å². The lowest BCUT2D eigenvalue weighted by Crippen LogP contribution is -2.42. The Labute approximate surface area is 101 Å². The Bertz CT molecular complexity index is 503. The lowest BCUT2D eigenvalue weighted by Gasteiger charge is -2.22.